The topological polar surface area (TPSA) is 63.4 Å². The Kier molecular flexibility index (Phi) is 4.72. The Morgan fingerprint density at radius 2 is 1.85 bits per heavy atom. The molecule has 0 aliphatic rings. The second-order valence-electron chi connectivity index (χ2n) is 2.80. The first-order valence-electron chi connectivity index (χ1n) is 3.83. The average molecular weight is 216 g/mol. The number of hydrogen-bond donors (Lipinski definition) is 1. The van der Waals surface area contributed by atoms with E-state index in [0.29, 0.717) is 4.31 Å². The maximum absolute atomic E-state index is 12.1. The molecule has 0 fully saturated rings. The average Bonchev–Trinajstić information content (AvgIpc) is 1.98. The van der Waals surface area contributed by atoms with Crippen LogP contribution in [-0.2, 0) is 10.0 Å². The van der Waals surface area contributed by atoms with Crippen LogP contribution in [0.5, 0.6) is 0 Å². The smallest absolute Gasteiger partial charge is 0.329 e. The van der Waals surface area contributed by atoms with Crippen LogP contribution in [0.2, 0.25) is 0 Å². The van der Waals surface area contributed by atoms with Crippen molar-refractivity contribution in [2.24, 2.45) is 5.73 Å². The summed E-state index contributed by atoms with van der Waals surface area (Å²) in [4.78, 5) is 0. The molecule has 0 rings (SSSR count). The van der Waals surface area contributed by atoms with Gasteiger partial charge in [-0.2, -0.15) is 13.1 Å². The van der Waals surface area contributed by atoms with Crippen LogP contribution >= 0.6 is 0 Å². The minimum absolute atomic E-state index is 0.0319. The molecule has 7 heteroatoms. The zero-order chi connectivity index (χ0) is 10.6. The maximum atomic E-state index is 12.1. The molecule has 0 aliphatic carbocycles. The molecule has 0 spiro atoms. The summed E-state index contributed by atoms with van der Waals surface area (Å²) in [5.41, 5.74) is 5.11. The number of sulfonamides is 1. The van der Waals surface area contributed by atoms with Crippen molar-refractivity contribution >= 4 is 10.0 Å². The molecule has 13 heavy (non-hydrogen) atoms. The molecule has 0 heterocycles. The highest BCUT2D eigenvalue weighted by Gasteiger charge is 2.32. The first-order valence-corrected chi connectivity index (χ1v) is 5.33. The van der Waals surface area contributed by atoms with Gasteiger partial charge < -0.3 is 5.73 Å². The van der Waals surface area contributed by atoms with E-state index in [1.54, 1.807) is 0 Å². The summed E-state index contributed by atoms with van der Waals surface area (Å²) in [6, 6.07) is -0.498. The standard InChI is InChI=1S/C6H14F2N2O2S/c1-5(2)10(4-3-9)13(11,12)6(7)8/h5-6H,3-4,9H2,1-2H3. The number of nitrogens with two attached hydrogens (primary N) is 1. The third kappa shape index (κ3) is 3.17. The molecular formula is C6H14F2N2O2S. The van der Waals surface area contributed by atoms with Gasteiger partial charge in [-0.15, -0.1) is 0 Å². The predicted octanol–water partition coefficient (Wildman–Crippen LogP) is 0.208. The second kappa shape index (κ2) is 4.83. The predicted molar refractivity (Wildman–Crippen MR) is 45.8 cm³/mol. The summed E-state index contributed by atoms with van der Waals surface area (Å²) in [5, 5.41) is 0. The Morgan fingerprint density at radius 3 is 2.08 bits per heavy atom. The SMILES string of the molecule is CC(C)N(CCN)S(=O)(=O)C(F)F. The molecule has 0 radical (unpaired) electrons. The van der Waals surface area contributed by atoms with Gasteiger partial charge in [0.15, 0.2) is 0 Å². The fraction of sp³-hybridized carbons (Fsp3) is 1.00. The third-order valence-electron chi connectivity index (χ3n) is 1.48. The van der Waals surface area contributed by atoms with Gasteiger partial charge in [0.1, 0.15) is 0 Å². The monoisotopic (exact) mass is 216 g/mol. The molecule has 0 aromatic carbocycles. The normalized spacial score (nSPS) is 13.2. The first-order chi connectivity index (χ1) is 5.84. The lowest BCUT2D eigenvalue weighted by molar-refractivity contribution is 0.213. The highest BCUT2D eigenvalue weighted by Crippen LogP contribution is 2.14. The van der Waals surface area contributed by atoms with Crippen LogP contribution in [-0.4, -0.2) is 37.6 Å². The number of hydrogen-bond acceptors (Lipinski definition) is 3. The van der Waals surface area contributed by atoms with E-state index in [4.69, 9.17) is 5.73 Å². The van der Waals surface area contributed by atoms with Crippen molar-refractivity contribution in [1.29, 1.82) is 0 Å². The van der Waals surface area contributed by atoms with Gasteiger partial charge in [-0.3, -0.25) is 0 Å². The minimum Gasteiger partial charge on any atom is -0.329 e. The molecule has 2 N–H and O–H groups in total. The molecule has 0 atom stereocenters. The maximum Gasteiger partial charge on any atom is 0.350 e. The van der Waals surface area contributed by atoms with Gasteiger partial charge in [0, 0.05) is 19.1 Å². The molecule has 0 bridgehead atoms. The summed E-state index contributed by atoms with van der Waals surface area (Å²) in [5.74, 6) is -3.37. The fourth-order valence-electron chi connectivity index (χ4n) is 0.909. The Bertz CT molecular complexity index is 241. The van der Waals surface area contributed by atoms with Crippen LogP contribution in [0, 0.1) is 0 Å². The van der Waals surface area contributed by atoms with Gasteiger partial charge >= 0.3 is 5.76 Å². The van der Waals surface area contributed by atoms with Crippen LogP contribution < -0.4 is 5.73 Å². The molecule has 0 aromatic rings. The Hall–Kier alpha value is -0.270. The van der Waals surface area contributed by atoms with Gasteiger partial charge in [0.25, 0.3) is 10.0 Å². The highest BCUT2D eigenvalue weighted by molar-refractivity contribution is 7.89. The van der Waals surface area contributed by atoms with Crippen molar-refractivity contribution in [3.8, 4) is 0 Å². The lowest BCUT2D eigenvalue weighted by atomic mass is 10.4. The van der Waals surface area contributed by atoms with Crippen molar-refractivity contribution < 1.29 is 17.2 Å². The van der Waals surface area contributed by atoms with Gasteiger partial charge in [-0.25, -0.2) is 8.42 Å². The van der Waals surface area contributed by atoms with Crippen LogP contribution in [0.1, 0.15) is 13.8 Å². The third-order valence-corrected chi connectivity index (χ3v) is 3.19. The number of halogens is 2. The summed E-state index contributed by atoms with van der Waals surface area (Å²) < 4.78 is 46.8. The molecule has 4 nitrogen and oxygen atoms in total. The quantitative estimate of drug-likeness (QED) is 0.714. The van der Waals surface area contributed by atoms with Crippen LogP contribution in [0.4, 0.5) is 8.78 Å². The second-order valence-corrected chi connectivity index (χ2v) is 4.65. The highest BCUT2D eigenvalue weighted by atomic mass is 32.2. The number of nitrogens with zero attached hydrogens (tertiary/aromatic N) is 1. The van der Waals surface area contributed by atoms with E-state index in [-0.39, 0.29) is 13.1 Å². The Morgan fingerprint density at radius 1 is 1.38 bits per heavy atom. The fourth-order valence-corrected chi connectivity index (χ4v) is 2.06. The lowest BCUT2D eigenvalue weighted by Gasteiger charge is -2.24. The molecule has 0 amide bonds. The van der Waals surface area contributed by atoms with Gasteiger partial charge in [0.05, 0.1) is 0 Å². The lowest BCUT2D eigenvalue weighted by Crippen LogP contribution is -2.43. The van der Waals surface area contributed by atoms with Crippen LogP contribution in [0.3, 0.4) is 0 Å². The van der Waals surface area contributed by atoms with E-state index < -0.39 is 21.8 Å². The molecule has 0 saturated carbocycles. The van der Waals surface area contributed by atoms with Crippen LogP contribution in [0.15, 0.2) is 0 Å². The summed E-state index contributed by atoms with van der Waals surface area (Å²) >= 11 is 0. The summed E-state index contributed by atoms with van der Waals surface area (Å²) in [6.45, 7) is 3.00. The van der Waals surface area contributed by atoms with Crippen molar-refractivity contribution in [2.75, 3.05) is 13.1 Å². The van der Waals surface area contributed by atoms with Gasteiger partial charge in [-0.05, 0) is 13.8 Å². The minimum atomic E-state index is -4.48. The Labute approximate surface area is 76.8 Å². The number of alkyl halides is 2. The molecule has 80 valence electrons. The molecule has 0 aromatic heterocycles. The largest absolute Gasteiger partial charge is 0.350 e. The van der Waals surface area contributed by atoms with E-state index in [0.717, 1.165) is 0 Å². The van der Waals surface area contributed by atoms with Crippen molar-refractivity contribution in [1.82, 2.24) is 4.31 Å². The van der Waals surface area contributed by atoms with Crippen molar-refractivity contribution in [3.05, 3.63) is 0 Å². The molecular weight excluding hydrogens is 202 g/mol. The van der Waals surface area contributed by atoms with Gasteiger partial charge in [0.2, 0.25) is 0 Å². The van der Waals surface area contributed by atoms with Crippen LogP contribution in [0.25, 0.3) is 0 Å². The van der Waals surface area contributed by atoms with Gasteiger partial charge in [-0.1, -0.05) is 0 Å². The van der Waals surface area contributed by atoms with E-state index in [1.807, 2.05) is 0 Å². The van der Waals surface area contributed by atoms with Crippen molar-refractivity contribution in [3.63, 3.8) is 0 Å². The van der Waals surface area contributed by atoms with Crippen molar-refractivity contribution in [2.45, 2.75) is 25.6 Å². The molecule has 0 aliphatic heterocycles. The number of rotatable bonds is 5. The summed E-state index contributed by atoms with van der Waals surface area (Å²) in [6.07, 6.45) is 0. The first kappa shape index (κ1) is 12.7. The zero-order valence-electron chi connectivity index (χ0n) is 7.57. The zero-order valence-corrected chi connectivity index (χ0v) is 8.39. The molecule has 0 saturated heterocycles. The summed E-state index contributed by atoms with van der Waals surface area (Å²) in [7, 11) is -4.48. The molecule has 0 unspecified atom stereocenters. The van der Waals surface area contributed by atoms with E-state index in [9.17, 15) is 17.2 Å². The van der Waals surface area contributed by atoms with E-state index >= 15 is 0 Å². The van der Waals surface area contributed by atoms with E-state index in [2.05, 4.69) is 0 Å². The Balaban J connectivity index is 4.74. The van der Waals surface area contributed by atoms with E-state index in [1.165, 1.54) is 13.8 Å².